The van der Waals surface area contributed by atoms with Gasteiger partial charge < -0.3 is 14.5 Å². The van der Waals surface area contributed by atoms with E-state index in [9.17, 15) is 4.79 Å². The molecule has 4 heterocycles. The number of aromatic nitrogens is 1. The zero-order chi connectivity index (χ0) is 16.5. The zero-order valence-corrected chi connectivity index (χ0v) is 13.6. The van der Waals surface area contributed by atoms with E-state index in [4.69, 9.17) is 9.15 Å². The average molecular weight is 327 g/mol. The number of carbonyl (C=O) groups excluding carboxylic acids is 1. The molecule has 2 aromatic heterocycles. The van der Waals surface area contributed by atoms with E-state index in [1.165, 1.54) is 0 Å². The molecule has 0 aromatic carbocycles. The molecule has 2 saturated heterocycles. The van der Waals surface area contributed by atoms with Gasteiger partial charge in [0.15, 0.2) is 0 Å². The molecule has 0 saturated carbocycles. The maximum absolute atomic E-state index is 12.6. The molecule has 0 unspecified atom stereocenters. The minimum atomic E-state index is -0.112. The molecule has 126 valence electrons. The van der Waals surface area contributed by atoms with Crippen molar-refractivity contribution in [2.75, 3.05) is 18.4 Å². The second-order valence-corrected chi connectivity index (χ2v) is 6.58. The number of amides is 1. The number of rotatable bonds is 4. The minimum Gasteiger partial charge on any atom is -0.465 e. The third kappa shape index (κ3) is 3.20. The number of nitrogens with one attached hydrogen (secondary N) is 1. The van der Waals surface area contributed by atoms with E-state index in [0.29, 0.717) is 0 Å². The highest BCUT2D eigenvalue weighted by Crippen LogP contribution is 2.33. The Hall–Kier alpha value is -2.18. The Labute approximate surface area is 140 Å². The average Bonchev–Trinajstić information content (AvgIpc) is 3.11. The standard InChI is InChI=1S/C18H21N3O3/c1-12-4-5-14(23-12)9-21-10-15-7-16(17(11-21)24-15)18(22)20-13-3-2-6-19-8-13/h2-6,8,15-17H,7,9-11H2,1H3,(H,20,22)/t15-,16+,17-/m1/s1. The molecule has 6 heteroatoms. The Bertz CT molecular complexity index is 715. The van der Waals surface area contributed by atoms with E-state index < -0.39 is 0 Å². The normalized spacial score (nSPS) is 26.5. The number of carbonyl (C=O) groups is 1. The predicted octanol–water partition coefficient (Wildman–Crippen LogP) is 2.21. The summed E-state index contributed by atoms with van der Waals surface area (Å²) in [5.74, 6) is 1.80. The first-order valence-corrected chi connectivity index (χ1v) is 8.31. The Balaban J connectivity index is 1.39. The van der Waals surface area contributed by atoms with Gasteiger partial charge in [0, 0.05) is 19.3 Å². The van der Waals surface area contributed by atoms with Crippen LogP contribution in [0.3, 0.4) is 0 Å². The number of hydrogen-bond acceptors (Lipinski definition) is 5. The molecule has 2 fully saturated rings. The van der Waals surface area contributed by atoms with Gasteiger partial charge in [0.25, 0.3) is 0 Å². The Morgan fingerprint density at radius 2 is 2.29 bits per heavy atom. The second-order valence-electron chi connectivity index (χ2n) is 6.58. The van der Waals surface area contributed by atoms with E-state index in [1.807, 2.05) is 31.2 Å². The molecule has 2 aromatic rings. The van der Waals surface area contributed by atoms with E-state index in [1.54, 1.807) is 12.4 Å². The first-order chi connectivity index (χ1) is 11.7. The van der Waals surface area contributed by atoms with Crippen LogP contribution in [0.25, 0.3) is 0 Å². The van der Waals surface area contributed by atoms with Crippen molar-refractivity contribution in [3.8, 4) is 0 Å². The molecular formula is C18H21N3O3. The fourth-order valence-corrected chi connectivity index (χ4v) is 3.60. The summed E-state index contributed by atoms with van der Waals surface area (Å²) < 4.78 is 11.7. The van der Waals surface area contributed by atoms with Crippen molar-refractivity contribution in [2.45, 2.75) is 32.1 Å². The molecular weight excluding hydrogens is 306 g/mol. The Morgan fingerprint density at radius 3 is 3.04 bits per heavy atom. The summed E-state index contributed by atoms with van der Waals surface area (Å²) in [4.78, 5) is 18.9. The summed E-state index contributed by atoms with van der Waals surface area (Å²) >= 11 is 0. The molecule has 1 N–H and O–H groups in total. The number of anilines is 1. The lowest BCUT2D eigenvalue weighted by atomic mass is 9.99. The second kappa shape index (κ2) is 6.37. The molecule has 6 nitrogen and oxygen atoms in total. The van der Waals surface area contributed by atoms with Gasteiger partial charge in [0.1, 0.15) is 11.5 Å². The van der Waals surface area contributed by atoms with Gasteiger partial charge in [0.05, 0.1) is 36.6 Å². The fourth-order valence-electron chi connectivity index (χ4n) is 3.60. The number of nitrogens with zero attached hydrogens (tertiary/aromatic N) is 2. The number of aryl methyl sites for hydroxylation is 1. The summed E-state index contributed by atoms with van der Waals surface area (Å²) in [6.07, 6.45) is 4.17. The van der Waals surface area contributed by atoms with Gasteiger partial charge in [-0.2, -0.15) is 0 Å². The fraction of sp³-hybridized carbons (Fsp3) is 0.444. The molecule has 3 atom stereocenters. The first kappa shape index (κ1) is 15.4. The smallest absolute Gasteiger partial charge is 0.230 e. The highest BCUT2D eigenvalue weighted by Gasteiger charge is 2.44. The third-order valence-corrected chi connectivity index (χ3v) is 4.67. The molecule has 2 aliphatic rings. The first-order valence-electron chi connectivity index (χ1n) is 8.31. The van der Waals surface area contributed by atoms with Gasteiger partial charge in [-0.05, 0) is 37.6 Å². The lowest BCUT2D eigenvalue weighted by molar-refractivity contribution is -0.123. The van der Waals surface area contributed by atoms with Gasteiger partial charge in [-0.1, -0.05) is 0 Å². The minimum absolute atomic E-state index is 0.0196. The van der Waals surface area contributed by atoms with Crippen LogP contribution in [0.1, 0.15) is 17.9 Å². The highest BCUT2D eigenvalue weighted by molar-refractivity contribution is 5.93. The topological polar surface area (TPSA) is 67.6 Å². The van der Waals surface area contributed by atoms with Crippen molar-refractivity contribution >= 4 is 11.6 Å². The summed E-state index contributed by atoms with van der Waals surface area (Å²) in [6, 6.07) is 7.65. The van der Waals surface area contributed by atoms with Crippen LogP contribution in [0, 0.1) is 12.8 Å². The van der Waals surface area contributed by atoms with Crippen LogP contribution in [0.15, 0.2) is 41.1 Å². The molecule has 2 aliphatic heterocycles. The van der Waals surface area contributed by atoms with E-state index in [-0.39, 0.29) is 24.0 Å². The SMILES string of the molecule is Cc1ccc(CN2C[C@H]3C[C@H](C(=O)Nc4cccnc4)[C@@H](C2)O3)o1. The summed E-state index contributed by atoms with van der Waals surface area (Å²) in [5, 5.41) is 2.95. The summed E-state index contributed by atoms with van der Waals surface area (Å²) in [6.45, 7) is 4.31. The molecule has 4 rings (SSSR count). The number of furan rings is 1. The van der Waals surface area contributed by atoms with Crippen LogP contribution >= 0.6 is 0 Å². The number of ether oxygens (including phenoxy) is 1. The number of fused-ring (bicyclic) bond motifs is 2. The van der Waals surface area contributed by atoms with E-state index >= 15 is 0 Å². The van der Waals surface area contributed by atoms with Crippen LogP contribution in [0.5, 0.6) is 0 Å². The Morgan fingerprint density at radius 1 is 1.38 bits per heavy atom. The molecule has 1 amide bonds. The van der Waals surface area contributed by atoms with Crippen LogP contribution < -0.4 is 5.32 Å². The van der Waals surface area contributed by atoms with E-state index in [0.717, 1.165) is 43.3 Å². The van der Waals surface area contributed by atoms with Crippen molar-refractivity contribution < 1.29 is 13.9 Å². The van der Waals surface area contributed by atoms with Crippen LogP contribution in [-0.2, 0) is 16.1 Å². The molecule has 24 heavy (non-hydrogen) atoms. The Kier molecular flexibility index (Phi) is 4.08. The maximum atomic E-state index is 12.6. The van der Waals surface area contributed by atoms with Gasteiger partial charge in [-0.3, -0.25) is 14.7 Å². The molecule has 0 spiro atoms. The van der Waals surface area contributed by atoms with Gasteiger partial charge >= 0.3 is 0 Å². The van der Waals surface area contributed by atoms with Crippen molar-refractivity contribution in [2.24, 2.45) is 5.92 Å². The van der Waals surface area contributed by atoms with Crippen molar-refractivity contribution in [3.05, 3.63) is 48.2 Å². The lowest BCUT2D eigenvalue weighted by Gasteiger charge is -2.32. The monoisotopic (exact) mass is 327 g/mol. The maximum Gasteiger partial charge on any atom is 0.230 e. The highest BCUT2D eigenvalue weighted by atomic mass is 16.5. The van der Waals surface area contributed by atoms with Crippen LogP contribution in [-0.4, -0.2) is 41.1 Å². The zero-order valence-electron chi connectivity index (χ0n) is 13.6. The largest absolute Gasteiger partial charge is 0.465 e. The lowest BCUT2D eigenvalue weighted by Crippen LogP contribution is -2.44. The van der Waals surface area contributed by atoms with Gasteiger partial charge in [-0.25, -0.2) is 0 Å². The van der Waals surface area contributed by atoms with Crippen LogP contribution in [0.2, 0.25) is 0 Å². The molecule has 0 radical (unpaired) electrons. The summed E-state index contributed by atoms with van der Waals surface area (Å²) in [7, 11) is 0. The summed E-state index contributed by atoms with van der Waals surface area (Å²) in [5.41, 5.74) is 0.729. The van der Waals surface area contributed by atoms with Crippen molar-refractivity contribution in [1.82, 2.24) is 9.88 Å². The molecule has 0 aliphatic carbocycles. The van der Waals surface area contributed by atoms with Crippen LogP contribution in [0.4, 0.5) is 5.69 Å². The van der Waals surface area contributed by atoms with Crippen molar-refractivity contribution in [3.63, 3.8) is 0 Å². The quantitative estimate of drug-likeness (QED) is 0.932. The third-order valence-electron chi connectivity index (χ3n) is 4.67. The number of hydrogen-bond donors (Lipinski definition) is 1. The number of likely N-dealkylation sites (tertiary alicyclic amines) is 1. The number of pyridine rings is 1. The van der Waals surface area contributed by atoms with Gasteiger partial charge in [-0.15, -0.1) is 0 Å². The van der Waals surface area contributed by atoms with E-state index in [2.05, 4.69) is 15.2 Å². The van der Waals surface area contributed by atoms with Crippen molar-refractivity contribution in [1.29, 1.82) is 0 Å². The number of morpholine rings is 1. The van der Waals surface area contributed by atoms with Gasteiger partial charge in [0.2, 0.25) is 5.91 Å². The molecule has 2 bridgehead atoms. The predicted molar refractivity (Wildman–Crippen MR) is 88.4 cm³/mol.